The van der Waals surface area contributed by atoms with Crippen LogP contribution >= 0.6 is 12.4 Å². The number of halogens is 1. The molecule has 1 aromatic heterocycles. The van der Waals surface area contributed by atoms with Gasteiger partial charge in [0.15, 0.2) is 5.69 Å². The predicted molar refractivity (Wildman–Crippen MR) is 101 cm³/mol. The number of carbonyl (C=O) groups is 1. The molecule has 1 saturated carbocycles. The van der Waals surface area contributed by atoms with E-state index in [2.05, 4.69) is 20.9 Å². The number of rotatable bonds is 4. The van der Waals surface area contributed by atoms with Crippen molar-refractivity contribution in [1.82, 2.24) is 25.6 Å². The van der Waals surface area contributed by atoms with Crippen LogP contribution in [-0.2, 0) is 0 Å². The molecule has 0 unspecified atom stereocenters. The molecular weight excluding hydrogens is 338 g/mol. The van der Waals surface area contributed by atoms with E-state index in [0.717, 1.165) is 38.2 Å². The highest BCUT2D eigenvalue weighted by Crippen LogP contribution is 2.22. The van der Waals surface area contributed by atoms with Crippen LogP contribution in [0.25, 0.3) is 0 Å². The van der Waals surface area contributed by atoms with Crippen LogP contribution in [0.1, 0.15) is 80.0 Å². The summed E-state index contributed by atoms with van der Waals surface area (Å²) in [5.74, 6) is 0.559. The monoisotopic (exact) mass is 369 g/mol. The van der Waals surface area contributed by atoms with E-state index in [0.29, 0.717) is 17.7 Å². The second kappa shape index (κ2) is 10.1. The summed E-state index contributed by atoms with van der Waals surface area (Å²) in [5, 5.41) is 14.9. The van der Waals surface area contributed by atoms with E-state index in [-0.39, 0.29) is 18.3 Å². The van der Waals surface area contributed by atoms with Crippen LogP contribution in [0.3, 0.4) is 0 Å². The predicted octanol–water partition coefficient (Wildman–Crippen LogP) is 3.02. The Morgan fingerprint density at radius 3 is 2.44 bits per heavy atom. The van der Waals surface area contributed by atoms with Crippen molar-refractivity contribution >= 4 is 18.3 Å². The van der Waals surface area contributed by atoms with Gasteiger partial charge in [-0.1, -0.05) is 37.3 Å². The van der Waals surface area contributed by atoms with Gasteiger partial charge in [0.1, 0.15) is 0 Å². The Labute approximate surface area is 156 Å². The molecule has 0 radical (unpaired) electrons. The smallest absolute Gasteiger partial charge is 0.273 e. The highest BCUT2D eigenvalue weighted by Gasteiger charge is 2.23. The van der Waals surface area contributed by atoms with Gasteiger partial charge in [-0.15, -0.1) is 17.5 Å². The molecule has 1 amide bonds. The minimum Gasteiger partial charge on any atom is -0.350 e. The SMILES string of the molecule is Cc1c(C(=O)NCC2CCCCCCC2)nnn1C1CCNCC1.Cl. The quantitative estimate of drug-likeness (QED) is 0.855. The molecule has 0 spiro atoms. The van der Waals surface area contributed by atoms with Gasteiger partial charge in [0.25, 0.3) is 5.91 Å². The van der Waals surface area contributed by atoms with E-state index in [1.54, 1.807) is 0 Å². The lowest BCUT2D eigenvalue weighted by Crippen LogP contribution is -2.31. The molecule has 0 bridgehead atoms. The fourth-order valence-electron chi connectivity index (χ4n) is 4.01. The van der Waals surface area contributed by atoms with Gasteiger partial charge in [0.05, 0.1) is 11.7 Å². The van der Waals surface area contributed by atoms with Gasteiger partial charge in [0, 0.05) is 6.54 Å². The van der Waals surface area contributed by atoms with Crippen molar-refractivity contribution < 1.29 is 4.79 Å². The lowest BCUT2D eigenvalue weighted by Gasteiger charge is -2.23. The summed E-state index contributed by atoms with van der Waals surface area (Å²) in [6, 6.07) is 0.367. The molecule has 2 heterocycles. The Morgan fingerprint density at radius 1 is 1.12 bits per heavy atom. The van der Waals surface area contributed by atoms with Crippen molar-refractivity contribution in [3.05, 3.63) is 11.4 Å². The Balaban J connectivity index is 0.00000225. The summed E-state index contributed by atoms with van der Waals surface area (Å²) >= 11 is 0. The first-order valence-electron chi connectivity index (χ1n) is 9.66. The summed E-state index contributed by atoms with van der Waals surface area (Å²) in [7, 11) is 0. The Hall–Kier alpha value is -1.14. The standard InChI is InChI=1S/C18H31N5O.ClH/c1-14-17(21-22-23(14)16-9-11-19-12-10-16)18(24)20-13-15-7-5-3-2-4-6-8-15;/h15-16,19H,2-13H2,1H3,(H,20,24);1H. The second-order valence-corrected chi connectivity index (χ2v) is 7.37. The molecule has 3 rings (SSSR count). The molecule has 2 fully saturated rings. The van der Waals surface area contributed by atoms with Crippen molar-refractivity contribution in [2.24, 2.45) is 5.92 Å². The fraction of sp³-hybridized carbons (Fsp3) is 0.833. The lowest BCUT2D eigenvalue weighted by atomic mass is 9.91. The van der Waals surface area contributed by atoms with Crippen molar-refractivity contribution in [2.45, 2.75) is 70.8 Å². The number of amides is 1. The van der Waals surface area contributed by atoms with Gasteiger partial charge in [0.2, 0.25) is 0 Å². The normalized spacial score (nSPS) is 20.4. The summed E-state index contributed by atoms with van der Waals surface area (Å²) in [6.07, 6.45) is 11.2. The average molecular weight is 370 g/mol. The average Bonchev–Trinajstić information content (AvgIpc) is 2.96. The molecule has 1 aliphatic carbocycles. The second-order valence-electron chi connectivity index (χ2n) is 7.37. The molecule has 1 saturated heterocycles. The Bertz CT molecular complexity index is 534. The summed E-state index contributed by atoms with van der Waals surface area (Å²) in [4.78, 5) is 12.5. The molecule has 1 aromatic rings. The van der Waals surface area contributed by atoms with Crippen LogP contribution in [0.15, 0.2) is 0 Å². The lowest BCUT2D eigenvalue weighted by molar-refractivity contribution is 0.0939. The molecule has 0 atom stereocenters. The number of nitrogens with one attached hydrogen (secondary N) is 2. The van der Waals surface area contributed by atoms with Gasteiger partial charge in [-0.25, -0.2) is 4.68 Å². The Kier molecular flexibility index (Phi) is 8.16. The zero-order chi connectivity index (χ0) is 16.8. The molecule has 6 nitrogen and oxygen atoms in total. The van der Waals surface area contributed by atoms with E-state index in [4.69, 9.17) is 0 Å². The number of carbonyl (C=O) groups excluding carboxylic acids is 1. The third kappa shape index (κ3) is 5.42. The third-order valence-corrected chi connectivity index (χ3v) is 5.57. The summed E-state index contributed by atoms with van der Waals surface area (Å²) < 4.78 is 1.95. The molecule has 25 heavy (non-hydrogen) atoms. The summed E-state index contributed by atoms with van der Waals surface area (Å²) in [6.45, 7) is 4.76. The van der Waals surface area contributed by atoms with Gasteiger partial charge < -0.3 is 10.6 Å². The van der Waals surface area contributed by atoms with Gasteiger partial charge in [-0.05, 0) is 51.6 Å². The number of aromatic nitrogens is 3. The van der Waals surface area contributed by atoms with E-state index >= 15 is 0 Å². The molecule has 2 aliphatic rings. The molecule has 2 N–H and O–H groups in total. The zero-order valence-corrected chi connectivity index (χ0v) is 16.1. The van der Waals surface area contributed by atoms with E-state index < -0.39 is 0 Å². The van der Waals surface area contributed by atoms with Gasteiger partial charge in [-0.2, -0.15) is 0 Å². The van der Waals surface area contributed by atoms with Crippen molar-refractivity contribution in [1.29, 1.82) is 0 Å². The largest absolute Gasteiger partial charge is 0.350 e. The van der Waals surface area contributed by atoms with Crippen LogP contribution in [0.5, 0.6) is 0 Å². The fourth-order valence-corrected chi connectivity index (χ4v) is 4.01. The van der Waals surface area contributed by atoms with Gasteiger partial charge in [-0.3, -0.25) is 4.79 Å². The minimum atomic E-state index is -0.0604. The minimum absolute atomic E-state index is 0. The molecular formula is C18H32ClN5O. The molecule has 142 valence electrons. The maximum atomic E-state index is 12.5. The van der Waals surface area contributed by atoms with Crippen LogP contribution in [0.4, 0.5) is 0 Å². The van der Waals surface area contributed by atoms with Crippen molar-refractivity contribution in [3.8, 4) is 0 Å². The first-order valence-corrected chi connectivity index (χ1v) is 9.66. The van der Waals surface area contributed by atoms with Crippen LogP contribution < -0.4 is 10.6 Å². The summed E-state index contributed by atoms with van der Waals surface area (Å²) in [5.41, 5.74) is 1.40. The molecule has 1 aliphatic heterocycles. The zero-order valence-electron chi connectivity index (χ0n) is 15.3. The van der Waals surface area contributed by atoms with Crippen LogP contribution in [0.2, 0.25) is 0 Å². The van der Waals surface area contributed by atoms with E-state index in [1.807, 2.05) is 11.6 Å². The van der Waals surface area contributed by atoms with Crippen molar-refractivity contribution in [3.63, 3.8) is 0 Å². The van der Waals surface area contributed by atoms with Crippen molar-refractivity contribution in [2.75, 3.05) is 19.6 Å². The number of nitrogens with zero attached hydrogens (tertiary/aromatic N) is 3. The van der Waals surface area contributed by atoms with Crippen LogP contribution in [0, 0.1) is 12.8 Å². The number of piperidine rings is 1. The van der Waals surface area contributed by atoms with E-state index in [1.165, 1.54) is 44.9 Å². The highest BCUT2D eigenvalue weighted by atomic mass is 35.5. The molecule has 7 heteroatoms. The first-order chi connectivity index (χ1) is 11.8. The Morgan fingerprint density at radius 2 is 1.76 bits per heavy atom. The van der Waals surface area contributed by atoms with E-state index in [9.17, 15) is 4.79 Å². The topological polar surface area (TPSA) is 71.8 Å². The van der Waals surface area contributed by atoms with Crippen LogP contribution in [-0.4, -0.2) is 40.5 Å². The number of hydrogen-bond donors (Lipinski definition) is 2. The first kappa shape index (κ1) is 20.2. The maximum absolute atomic E-state index is 12.5. The highest BCUT2D eigenvalue weighted by molar-refractivity contribution is 5.93. The molecule has 0 aromatic carbocycles. The van der Waals surface area contributed by atoms with Gasteiger partial charge >= 0.3 is 0 Å². The maximum Gasteiger partial charge on any atom is 0.273 e. The third-order valence-electron chi connectivity index (χ3n) is 5.57. The number of hydrogen-bond acceptors (Lipinski definition) is 4.